The molecule has 0 radical (unpaired) electrons. The summed E-state index contributed by atoms with van der Waals surface area (Å²) in [5, 5.41) is 9.97. The molecule has 4 aromatic rings. The van der Waals surface area contributed by atoms with E-state index in [1.165, 1.54) is 0 Å². The van der Waals surface area contributed by atoms with E-state index in [9.17, 15) is 5.26 Å². The first-order valence-electron chi connectivity index (χ1n) is 9.55. The first-order valence-corrected chi connectivity index (χ1v) is 10.3. The fourth-order valence-corrected chi connectivity index (χ4v) is 3.87. The molecule has 0 fully saturated rings. The molecular weight excluding hydrogens is 456 g/mol. The monoisotopic (exact) mass is 470 g/mol. The van der Waals surface area contributed by atoms with E-state index in [2.05, 4.69) is 27.0 Å². The summed E-state index contributed by atoms with van der Waals surface area (Å²) < 4.78 is 17.8. The van der Waals surface area contributed by atoms with Crippen LogP contribution in [0.1, 0.15) is 11.1 Å². The number of furan rings is 1. The maximum atomic E-state index is 9.97. The summed E-state index contributed by atoms with van der Waals surface area (Å²) in [7, 11) is 0. The van der Waals surface area contributed by atoms with Crippen LogP contribution in [0.25, 0.3) is 22.5 Å². The molecule has 0 amide bonds. The van der Waals surface area contributed by atoms with Crippen LogP contribution in [0.15, 0.2) is 86.7 Å². The second-order valence-corrected chi connectivity index (χ2v) is 7.67. The molecule has 31 heavy (non-hydrogen) atoms. The Bertz CT molecular complexity index is 1320. The largest absolute Gasteiger partial charge is 0.454 e. The molecule has 6 heteroatoms. The van der Waals surface area contributed by atoms with E-state index in [0.29, 0.717) is 22.8 Å². The van der Waals surface area contributed by atoms with E-state index < -0.39 is 0 Å². The van der Waals surface area contributed by atoms with Crippen LogP contribution in [-0.4, -0.2) is 13.0 Å². The van der Waals surface area contributed by atoms with Crippen molar-refractivity contribution < 1.29 is 13.9 Å². The quantitative estimate of drug-likeness (QED) is 0.310. The van der Waals surface area contributed by atoms with Gasteiger partial charge in [-0.3, -0.25) is 0 Å². The number of nitrogens with zero attached hydrogens (tertiary/aromatic N) is 2. The molecule has 1 aliphatic heterocycles. The maximum absolute atomic E-state index is 9.97. The van der Waals surface area contributed by atoms with Crippen LogP contribution < -0.4 is 9.47 Å². The van der Waals surface area contributed by atoms with E-state index in [0.717, 1.165) is 26.7 Å². The fourth-order valence-electron chi connectivity index (χ4n) is 3.45. The van der Waals surface area contributed by atoms with Crippen LogP contribution in [0.3, 0.4) is 0 Å². The molecule has 0 aliphatic carbocycles. The average Bonchev–Trinajstić information content (AvgIpc) is 3.42. The lowest BCUT2D eigenvalue weighted by Gasteiger charge is -2.03. The van der Waals surface area contributed by atoms with Gasteiger partial charge in [-0.1, -0.05) is 60.7 Å². The lowest BCUT2D eigenvalue weighted by Crippen LogP contribution is -1.92. The molecule has 150 valence electrons. The fraction of sp³-hybridized carbons (Fsp3) is 0.0400. The Labute approximate surface area is 187 Å². The third-order valence-electron chi connectivity index (χ3n) is 4.91. The number of nitriles is 1. The summed E-state index contributed by atoms with van der Waals surface area (Å²) in [4.78, 5) is 4.53. The van der Waals surface area contributed by atoms with Crippen molar-refractivity contribution >= 4 is 28.0 Å². The number of fused-ring (bicyclic) bond motifs is 1. The second kappa shape index (κ2) is 8.13. The van der Waals surface area contributed by atoms with Gasteiger partial charge in [0.1, 0.15) is 17.4 Å². The second-order valence-electron chi connectivity index (χ2n) is 6.82. The third kappa shape index (κ3) is 3.60. The molecule has 0 spiro atoms. The number of aliphatic imine (C=N–C) groups is 1. The third-order valence-corrected chi connectivity index (χ3v) is 5.60. The summed E-state index contributed by atoms with van der Waals surface area (Å²) in [6.45, 7) is 0.194. The van der Waals surface area contributed by atoms with E-state index in [4.69, 9.17) is 13.9 Å². The van der Waals surface area contributed by atoms with Crippen molar-refractivity contribution in [1.29, 1.82) is 5.26 Å². The van der Waals surface area contributed by atoms with Gasteiger partial charge in [-0.25, -0.2) is 4.99 Å². The minimum absolute atomic E-state index is 0.194. The molecule has 1 aliphatic rings. The van der Waals surface area contributed by atoms with Crippen molar-refractivity contribution in [3.63, 3.8) is 0 Å². The molecule has 0 atom stereocenters. The van der Waals surface area contributed by atoms with Gasteiger partial charge in [-0.15, -0.1) is 0 Å². The first kappa shape index (κ1) is 19.2. The number of ether oxygens (including phenoxy) is 2. The van der Waals surface area contributed by atoms with E-state index in [1.807, 2.05) is 72.8 Å². The summed E-state index contributed by atoms with van der Waals surface area (Å²) in [5.74, 6) is 2.20. The van der Waals surface area contributed by atoms with Gasteiger partial charge in [-0.2, -0.15) is 5.26 Å². The average molecular weight is 471 g/mol. The molecule has 0 bridgehead atoms. The Morgan fingerprint density at radius 2 is 1.55 bits per heavy atom. The van der Waals surface area contributed by atoms with Crippen molar-refractivity contribution in [1.82, 2.24) is 0 Å². The summed E-state index contributed by atoms with van der Waals surface area (Å²) in [5.41, 5.74) is 3.67. The summed E-state index contributed by atoms with van der Waals surface area (Å²) in [6, 6.07) is 25.4. The van der Waals surface area contributed by atoms with Gasteiger partial charge in [0.2, 0.25) is 12.7 Å². The zero-order chi connectivity index (χ0) is 21.2. The van der Waals surface area contributed by atoms with Crippen LogP contribution in [-0.2, 0) is 0 Å². The van der Waals surface area contributed by atoms with Crippen LogP contribution in [0.4, 0.5) is 5.88 Å². The number of hydrogen-bond acceptors (Lipinski definition) is 5. The Morgan fingerprint density at radius 3 is 2.23 bits per heavy atom. The number of hydrogen-bond donors (Lipinski definition) is 0. The minimum Gasteiger partial charge on any atom is -0.454 e. The van der Waals surface area contributed by atoms with Crippen molar-refractivity contribution in [2.24, 2.45) is 4.99 Å². The smallest absolute Gasteiger partial charge is 0.238 e. The van der Waals surface area contributed by atoms with Gasteiger partial charge in [0.25, 0.3) is 0 Å². The van der Waals surface area contributed by atoms with Crippen molar-refractivity contribution in [3.8, 4) is 40.0 Å². The topological polar surface area (TPSA) is 67.8 Å². The molecule has 0 unspecified atom stereocenters. The SMILES string of the molecule is N#Cc1c(N=Cc2cc3c(cc2Br)OCO3)oc(-c2ccccc2)c1-c1ccccc1. The lowest BCUT2D eigenvalue weighted by molar-refractivity contribution is 0.174. The number of benzene rings is 3. The molecule has 0 saturated heterocycles. The van der Waals surface area contributed by atoms with Crippen molar-refractivity contribution in [2.45, 2.75) is 0 Å². The number of rotatable bonds is 4. The zero-order valence-corrected chi connectivity index (χ0v) is 17.8. The normalized spacial score (nSPS) is 12.3. The van der Waals surface area contributed by atoms with Crippen LogP contribution in [0, 0.1) is 11.3 Å². The highest BCUT2D eigenvalue weighted by Gasteiger charge is 2.23. The standard InChI is InChI=1S/C25H15BrN2O3/c26-20-12-22-21(29-15-30-22)11-18(20)14-28-25-19(13-27)23(16-7-3-1-4-8-16)24(31-25)17-9-5-2-6-10-17/h1-12,14H,15H2. The Morgan fingerprint density at radius 1 is 0.903 bits per heavy atom. The van der Waals surface area contributed by atoms with Gasteiger partial charge < -0.3 is 13.9 Å². The van der Waals surface area contributed by atoms with Gasteiger partial charge in [0.05, 0.1) is 0 Å². The molecule has 2 heterocycles. The molecule has 1 aromatic heterocycles. The van der Waals surface area contributed by atoms with Gasteiger partial charge in [0, 0.05) is 27.4 Å². The Balaban J connectivity index is 1.64. The Kier molecular flexibility index (Phi) is 5.03. The minimum atomic E-state index is 0.194. The molecular formula is C25H15BrN2O3. The van der Waals surface area contributed by atoms with Crippen LogP contribution >= 0.6 is 15.9 Å². The predicted octanol–water partition coefficient (Wildman–Crippen LogP) is 6.73. The maximum Gasteiger partial charge on any atom is 0.238 e. The molecule has 0 saturated carbocycles. The van der Waals surface area contributed by atoms with Crippen molar-refractivity contribution in [3.05, 3.63) is 88.4 Å². The van der Waals surface area contributed by atoms with Gasteiger partial charge in [0.15, 0.2) is 11.5 Å². The van der Waals surface area contributed by atoms with Crippen LogP contribution in [0.2, 0.25) is 0 Å². The highest BCUT2D eigenvalue weighted by atomic mass is 79.9. The van der Waals surface area contributed by atoms with Gasteiger partial charge >= 0.3 is 0 Å². The highest BCUT2D eigenvalue weighted by Crippen LogP contribution is 2.43. The van der Waals surface area contributed by atoms with Crippen LogP contribution in [0.5, 0.6) is 11.5 Å². The van der Waals surface area contributed by atoms with E-state index >= 15 is 0 Å². The number of halogens is 1. The highest BCUT2D eigenvalue weighted by molar-refractivity contribution is 9.10. The lowest BCUT2D eigenvalue weighted by atomic mass is 9.98. The van der Waals surface area contributed by atoms with E-state index in [-0.39, 0.29) is 12.7 Å². The van der Waals surface area contributed by atoms with E-state index in [1.54, 1.807) is 6.21 Å². The molecule has 0 N–H and O–H groups in total. The first-order chi connectivity index (χ1) is 15.2. The molecule has 5 nitrogen and oxygen atoms in total. The summed E-state index contributed by atoms with van der Waals surface area (Å²) >= 11 is 3.53. The molecule has 5 rings (SSSR count). The summed E-state index contributed by atoms with van der Waals surface area (Å²) in [6.07, 6.45) is 1.65. The van der Waals surface area contributed by atoms with Gasteiger partial charge in [-0.05, 0) is 33.6 Å². The molecule has 3 aromatic carbocycles. The van der Waals surface area contributed by atoms with Crippen molar-refractivity contribution in [2.75, 3.05) is 6.79 Å². The Hall–Kier alpha value is -3.82. The zero-order valence-electron chi connectivity index (χ0n) is 16.2. The predicted molar refractivity (Wildman–Crippen MR) is 122 cm³/mol.